The van der Waals surface area contributed by atoms with E-state index in [1.807, 2.05) is 66.7 Å². The van der Waals surface area contributed by atoms with E-state index in [1.165, 1.54) is 24.3 Å². The maximum Gasteiger partial charge on any atom is 0.324 e. The number of anilines is 2. The molecule has 3 aromatic carbocycles. The number of rotatable bonds is 4. The average Bonchev–Trinajstić information content (AvgIpc) is 3.15. The summed E-state index contributed by atoms with van der Waals surface area (Å²) in [4.78, 5) is 12.4. The van der Waals surface area contributed by atoms with E-state index >= 15 is 0 Å². The van der Waals surface area contributed by atoms with Crippen molar-refractivity contribution in [2.24, 2.45) is 0 Å². The Balaban J connectivity index is 1.64. The van der Waals surface area contributed by atoms with Gasteiger partial charge in [0.05, 0.1) is 11.4 Å². The van der Waals surface area contributed by atoms with Crippen LogP contribution in [-0.4, -0.2) is 15.8 Å². The van der Waals surface area contributed by atoms with Gasteiger partial charge in [-0.25, -0.2) is 13.9 Å². The fourth-order valence-corrected chi connectivity index (χ4v) is 2.80. The van der Waals surface area contributed by atoms with Crippen molar-refractivity contribution in [3.63, 3.8) is 0 Å². The van der Waals surface area contributed by atoms with E-state index in [4.69, 9.17) is 0 Å². The number of carbonyl (C=O) groups is 1. The predicted molar refractivity (Wildman–Crippen MR) is 108 cm³/mol. The molecule has 2 amide bonds. The van der Waals surface area contributed by atoms with Crippen LogP contribution in [-0.2, 0) is 0 Å². The molecule has 1 heterocycles. The van der Waals surface area contributed by atoms with Gasteiger partial charge in [0, 0.05) is 17.3 Å². The molecule has 0 radical (unpaired) electrons. The number of nitrogens with zero attached hydrogens (tertiary/aromatic N) is 2. The lowest BCUT2D eigenvalue weighted by Gasteiger charge is -2.10. The summed E-state index contributed by atoms with van der Waals surface area (Å²) in [6.45, 7) is 0. The van der Waals surface area contributed by atoms with Crippen LogP contribution < -0.4 is 10.6 Å². The van der Waals surface area contributed by atoms with Crippen LogP contribution in [0.3, 0.4) is 0 Å². The first kappa shape index (κ1) is 17.5. The fraction of sp³-hybridized carbons (Fsp3) is 0. The van der Waals surface area contributed by atoms with Crippen LogP contribution in [0, 0.1) is 5.82 Å². The molecule has 0 aliphatic carbocycles. The molecule has 4 aromatic rings. The molecule has 0 spiro atoms. The van der Waals surface area contributed by atoms with Gasteiger partial charge in [0.2, 0.25) is 0 Å². The molecule has 0 saturated carbocycles. The molecule has 5 nitrogen and oxygen atoms in total. The maximum atomic E-state index is 13.0. The lowest BCUT2D eigenvalue weighted by atomic mass is 10.2. The number of urea groups is 1. The summed E-state index contributed by atoms with van der Waals surface area (Å²) >= 11 is 0. The van der Waals surface area contributed by atoms with Gasteiger partial charge in [0.25, 0.3) is 0 Å². The summed E-state index contributed by atoms with van der Waals surface area (Å²) in [6.07, 6.45) is 0. The van der Waals surface area contributed by atoms with Gasteiger partial charge in [0.1, 0.15) is 11.6 Å². The third-order valence-corrected chi connectivity index (χ3v) is 4.12. The minimum absolute atomic E-state index is 0.361. The molecule has 138 valence electrons. The lowest BCUT2D eigenvalue weighted by Crippen LogP contribution is -2.21. The number of carbonyl (C=O) groups excluding carboxylic acids is 1. The first-order valence-corrected chi connectivity index (χ1v) is 8.73. The zero-order valence-electron chi connectivity index (χ0n) is 14.8. The Labute approximate surface area is 161 Å². The summed E-state index contributed by atoms with van der Waals surface area (Å²) in [5.74, 6) is 0.158. The molecule has 2 N–H and O–H groups in total. The highest BCUT2D eigenvalue weighted by Crippen LogP contribution is 2.25. The van der Waals surface area contributed by atoms with Gasteiger partial charge in [-0.05, 0) is 36.4 Å². The summed E-state index contributed by atoms with van der Waals surface area (Å²) in [5, 5.41) is 10.2. The van der Waals surface area contributed by atoms with E-state index in [0.717, 1.165) is 16.9 Å². The van der Waals surface area contributed by atoms with Crippen LogP contribution in [0.4, 0.5) is 20.7 Å². The van der Waals surface area contributed by atoms with E-state index < -0.39 is 6.03 Å². The van der Waals surface area contributed by atoms with Crippen LogP contribution in [0.25, 0.3) is 16.9 Å². The molecular formula is C22H17FN4O. The van der Waals surface area contributed by atoms with Gasteiger partial charge < -0.3 is 5.32 Å². The minimum Gasteiger partial charge on any atom is -0.308 e. The van der Waals surface area contributed by atoms with Crippen LogP contribution in [0.15, 0.2) is 91.0 Å². The van der Waals surface area contributed by atoms with Crippen molar-refractivity contribution >= 4 is 17.5 Å². The number of hydrogen-bond donors (Lipinski definition) is 2. The minimum atomic E-state index is -0.441. The quantitative estimate of drug-likeness (QED) is 0.509. The maximum absolute atomic E-state index is 13.0. The average molecular weight is 372 g/mol. The van der Waals surface area contributed by atoms with Gasteiger partial charge in [0.15, 0.2) is 0 Å². The van der Waals surface area contributed by atoms with E-state index in [9.17, 15) is 9.18 Å². The van der Waals surface area contributed by atoms with Crippen LogP contribution in [0.2, 0.25) is 0 Å². The smallest absolute Gasteiger partial charge is 0.308 e. The third-order valence-electron chi connectivity index (χ3n) is 4.12. The molecule has 1 aromatic heterocycles. The number of nitrogens with one attached hydrogen (secondary N) is 2. The molecule has 0 aliphatic heterocycles. The van der Waals surface area contributed by atoms with Crippen LogP contribution in [0.5, 0.6) is 0 Å². The van der Waals surface area contributed by atoms with Crippen molar-refractivity contribution in [3.8, 4) is 16.9 Å². The number of aromatic nitrogens is 2. The molecule has 4 rings (SSSR count). The van der Waals surface area contributed by atoms with Crippen LogP contribution in [0.1, 0.15) is 0 Å². The van der Waals surface area contributed by atoms with Gasteiger partial charge in [-0.3, -0.25) is 5.32 Å². The van der Waals surface area contributed by atoms with Gasteiger partial charge in [-0.15, -0.1) is 0 Å². The Morgan fingerprint density at radius 1 is 0.821 bits per heavy atom. The molecule has 0 saturated heterocycles. The molecular weight excluding hydrogens is 355 g/mol. The molecule has 0 aliphatic rings. The van der Waals surface area contributed by atoms with Gasteiger partial charge in [-0.1, -0.05) is 48.5 Å². The first-order chi connectivity index (χ1) is 13.7. The van der Waals surface area contributed by atoms with Crippen LogP contribution >= 0.6 is 0 Å². The second-order valence-electron chi connectivity index (χ2n) is 6.11. The van der Waals surface area contributed by atoms with E-state index in [0.29, 0.717) is 11.5 Å². The molecule has 28 heavy (non-hydrogen) atoms. The van der Waals surface area contributed by atoms with E-state index in [1.54, 1.807) is 4.68 Å². The number of benzene rings is 3. The van der Waals surface area contributed by atoms with Crippen molar-refractivity contribution in [1.82, 2.24) is 9.78 Å². The zero-order chi connectivity index (χ0) is 19.3. The van der Waals surface area contributed by atoms with Crippen molar-refractivity contribution < 1.29 is 9.18 Å². The highest BCUT2D eigenvalue weighted by molar-refractivity contribution is 5.99. The van der Waals surface area contributed by atoms with E-state index in [-0.39, 0.29) is 5.82 Å². The zero-order valence-corrected chi connectivity index (χ0v) is 14.8. The van der Waals surface area contributed by atoms with Crippen molar-refractivity contribution in [2.75, 3.05) is 10.6 Å². The number of halogens is 1. The fourth-order valence-electron chi connectivity index (χ4n) is 2.80. The van der Waals surface area contributed by atoms with Crippen molar-refractivity contribution in [2.45, 2.75) is 0 Å². The Morgan fingerprint density at radius 2 is 1.46 bits per heavy atom. The highest BCUT2D eigenvalue weighted by atomic mass is 19.1. The topological polar surface area (TPSA) is 59.0 Å². The monoisotopic (exact) mass is 372 g/mol. The number of para-hydroxylation sites is 1. The Kier molecular flexibility index (Phi) is 4.84. The summed E-state index contributed by atoms with van der Waals surface area (Å²) in [5.41, 5.74) is 3.00. The summed E-state index contributed by atoms with van der Waals surface area (Å²) in [6, 6.07) is 26.2. The second-order valence-corrected chi connectivity index (χ2v) is 6.11. The van der Waals surface area contributed by atoms with Crippen molar-refractivity contribution in [3.05, 3.63) is 96.8 Å². The second kappa shape index (κ2) is 7.75. The lowest BCUT2D eigenvalue weighted by molar-refractivity contribution is 0.262. The van der Waals surface area contributed by atoms with Crippen molar-refractivity contribution in [1.29, 1.82) is 0 Å². The van der Waals surface area contributed by atoms with Gasteiger partial charge in [-0.2, -0.15) is 5.10 Å². The third kappa shape index (κ3) is 3.91. The Morgan fingerprint density at radius 3 is 2.14 bits per heavy atom. The molecule has 0 unspecified atom stereocenters. The molecule has 6 heteroatoms. The predicted octanol–water partition coefficient (Wildman–Crippen LogP) is 5.32. The van der Waals surface area contributed by atoms with Gasteiger partial charge >= 0.3 is 6.03 Å². The molecule has 0 fully saturated rings. The summed E-state index contributed by atoms with van der Waals surface area (Å²) < 4.78 is 14.7. The first-order valence-electron chi connectivity index (χ1n) is 8.73. The Bertz CT molecular complexity index is 1080. The molecule has 0 bridgehead atoms. The highest BCUT2D eigenvalue weighted by Gasteiger charge is 2.13. The largest absolute Gasteiger partial charge is 0.324 e. The Hall–Kier alpha value is -3.93. The molecule has 0 atom stereocenters. The SMILES string of the molecule is O=C(Nc1ccc(F)cc1)Nc1cc(-c2ccccc2)nn1-c1ccccc1. The number of hydrogen-bond acceptors (Lipinski definition) is 2. The standard InChI is InChI=1S/C22H17FN4O/c23-17-11-13-18(14-12-17)24-22(28)25-21-15-20(16-7-3-1-4-8-16)26-27(21)19-9-5-2-6-10-19/h1-15H,(H2,24,25,28). The van der Waals surface area contributed by atoms with E-state index in [2.05, 4.69) is 15.7 Å². The normalized spacial score (nSPS) is 10.5. The number of amides is 2. The summed E-state index contributed by atoms with van der Waals surface area (Å²) in [7, 11) is 0.